The molecule has 2 rings (SSSR count). The van der Waals surface area contributed by atoms with Crippen molar-refractivity contribution in [2.45, 2.75) is 6.54 Å². The van der Waals surface area contributed by atoms with Gasteiger partial charge in [0.25, 0.3) is 5.69 Å². The lowest BCUT2D eigenvalue weighted by molar-refractivity contribution is -0.384. The van der Waals surface area contributed by atoms with Crippen LogP contribution in [0.3, 0.4) is 0 Å². The number of hydrogen-bond acceptors (Lipinski definition) is 3. The summed E-state index contributed by atoms with van der Waals surface area (Å²) in [5, 5.41) is 13.6. The highest BCUT2D eigenvalue weighted by atomic mass is 79.9. The van der Waals surface area contributed by atoms with Crippen LogP contribution in [0.5, 0.6) is 0 Å². The third-order valence-electron chi connectivity index (χ3n) is 2.64. The second kappa shape index (κ2) is 6.19. The number of anilines is 1. The van der Waals surface area contributed by atoms with Gasteiger partial charge in [0.2, 0.25) is 0 Å². The van der Waals surface area contributed by atoms with E-state index in [0.717, 1.165) is 4.47 Å². The third-order valence-corrected chi connectivity index (χ3v) is 3.43. The lowest BCUT2D eigenvalue weighted by atomic mass is 10.2. The van der Waals surface area contributed by atoms with Crippen molar-refractivity contribution < 1.29 is 9.31 Å². The maximum absolute atomic E-state index is 13.5. The monoisotopic (exact) mass is 358 g/mol. The van der Waals surface area contributed by atoms with Crippen molar-refractivity contribution in [1.29, 1.82) is 0 Å². The van der Waals surface area contributed by atoms with Gasteiger partial charge in [-0.3, -0.25) is 10.1 Å². The first-order valence-electron chi connectivity index (χ1n) is 5.59. The molecule has 104 valence electrons. The minimum Gasteiger partial charge on any atom is -0.381 e. The lowest BCUT2D eigenvalue weighted by Gasteiger charge is -2.08. The van der Waals surface area contributed by atoms with Gasteiger partial charge in [-0.15, -0.1) is 0 Å². The van der Waals surface area contributed by atoms with Crippen LogP contribution in [0.15, 0.2) is 40.9 Å². The molecule has 2 aromatic rings. The van der Waals surface area contributed by atoms with E-state index in [4.69, 9.17) is 11.6 Å². The molecular formula is C13H9BrClFN2O2. The summed E-state index contributed by atoms with van der Waals surface area (Å²) >= 11 is 9.07. The van der Waals surface area contributed by atoms with E-state index in [2.05, 4.69) is 21.2 Å². The number of hydrogen-bond donors (Lipinski definition) is 1. The number of rotatable bonds is 4. The Hall–Kier alpha value is -1.66. The van der Waals surface area contributed by atoms with Gasteiger partial charge in [-0.25, -0.2) is 4.39 Å². The van der Waals surface area contributed by atoms with Crippen molar-refractivity contribution in [3.63, 3.8) is 0 Å². The normalized spacial score (nSPS) is 10.3. The first-order valence-corrected chi connectivity index (χ1v) is 6.76. The van der Waals surface area contributed by atoms with Crippen LogP contribution in [0.2, 0.25) is 5.02 Å². The molecule has 0 fully saturated rings. The van der Waals surface area contributed by atoms with Gasteiger partial charge in [-0.05, 0) is 30.3 Å². The molecule has 4 nitrogen and oxygen atoms in total. The maximum Gasteiger partial charge on any atom is 0.288 e. The van der Waals surface area contributed by atoms with E-state index in [-0.39, 0.29) is 23.1 Å². The summed E-state index contributed by atoms with van der Waals surface area (Å²) in [5.74, 6) is -0.325. The largest absolute Gasteiger partial charge is 0.381 e. The summed E-state index contributed by atoms with van der Waals surface area (Å²) in [6, 6.07) is 8.91. The molecule has 0 aliphatic heterocycles. The molecule has 0 aliphatic carbocycles. The second-order valence-electron chi connectivity index (χ2n) is 4.01. The Morgan fingerprint density at radius 3 is 2.70 bits per heavy atom. The Kier molecular flexibility index (Phi) is 4.57. The molecule has 0 heterocycles. The molecule has 0 aliphatic rings. The van der Waals surface area contributed by atoms with Gasteiger partial charge < -0.3 is 5.32 Å². The summed E-state index contributed by atoms with van der Waals surface area (Å²) < 4.78 is 14.3. The highest BCUT2D eigenvalue weighted by Gasteiger charge is 2.12. The van der Waals surface area contributed by atoms with Crippen molar-refractivity contribution >= 4 is 38.9 Å². The highest BCUT2D eigenvalue weighted by molar-refractivity contribution is 9.10. The highest BCUT2D eigenvalue weighted by Crippen LogP contribution is 2.27. The van der Waals surface area contributed by atoms with E-state index in [9.17, 15) is 14.5 Å². The Morgan fingerprint density at radius 1 is 1.30 bits per heavy atom. The summed E-state index contributed by atoms with van der Waals surface area (Å²) in [4.78, 5) is 10.1. The van der Waals surface area contributed by atoms with Crippen molar-refractivity contribution in [2.75, 3.05) is 5.32 Å². The molecule has 0 aromatic heterocycles. The second-order valence-corrected chi connectivity index (χ2v) is 5.34. The minimum atomic E-state index is -0.555. The SMILES string of the molecule is O=[N+]([O-])c1ccc(NCc2cc(Br)ccc2F)cc1Cl. The average molecular weight is 360 g/mol. The number of nitro benzene ring substituents is 1. The third kappa shape index (κ3) is 3.46. The zero-order valence-corrected chi connectivity index (χ0v) is 12.4. The van der Waals surface area contributed by atoms with Crippen molar-refractivity contribution in [3.05, 3.63) is 67.4 Å². The molecule has 0 spiro atoms. The van der Waals surface area contributed by atoms with Crippen LogP contribution in [0.1, 0.15) is 5.56 Å². The average Bonchev–Trinajstić information content (AvgIpc) is 2.39. The van der Waals surface area contributed by atoms with Gasteiger partial charge in [0.05, 0.1) is 4.92 Å². The number of nitrogens with zero attached hydrogens (tertiary/aromatic N) is 1. The Morgan fingerprint density at radius 2 is 2.05 bits per heavy atom. The Balaban J connectivity index is 2.13. The molecular weight excluding hydrogens is 351 g/mol. The van der Waals surface area contributed by atoms with Crippen LogP contribution in [0.4, 0.5) is 15.8 Å². The fourth-order valence-corrected chi connectivity index (χ4v) is 2.30. The molecule has 0 atom stereocenters. The summed E-state index contributed by atoms with van der Waals surface area (Å²) in [5.41, 5.74) is 0.902. The molecule has 0 bridgehead atoms. The maximum atomic E-state index is 13.5. The lowest BCUT2D eigenvalue weighted by Crippen LogP contribution is -2.02. The molecule has 0 amide bonds. The molecule has 0 saturated carbocycles. The minimum absolute atomic E-state index is 0.0368. The van der Waals surface area contributed by atoms with Gasteiger partial charge in [-0.1, -0.05) is 27.5 Å². The van der Waals surface area contributed by atoms with E-state index in [0.29, 0.717) is 11.3 Å². The standard InChI is InChI=1S/C13H9BrClFN2O2/c14-9-1-3-12(16)8(5-9)7-17-10-2-4-13(18(19)20)11(15)6-10/h1-6,17H,7H2. The molecule has 1 N–H and O–H groups in total. The Bertz CT molecular complexity index is 667. The first-order chi connectivity index (χ1) is 9.47. The van der Waals surface area contributed by atoms with Crippen LogP contribution < -0.4 is 5.32 Å². The Labute approximate surface area is 127 Å². The number of benzene rings is 2. The van der Waals surface area contributed by atoms with Gasteiger partial charge in [0, 0.05) is 28.3 Å². The van der Waals surface area contributed by atoms with E-state index in [1.807, 2.05) is 0 Å². The van der Waals surface area contributed by atoms with Crippen molar-refractivity contribution in [3.8, 4) is 0 Å². The summed E-state index contributed by atoms with van der Waals surface area (Å²) in [6.07, 6.45) is 0. The predicted octanol–water partition coefficient (Wildman–Crippen LogP) is 4.76. The zero-order valence-electron chi connectivity index (χ0n) is 10.1. The van der Waals surface area contributed by atoms with Crippen LogP contribution in [-0.2, 0) is 6.54 Å². The summed E-state index contributed by atoms with van der Waals surface area (Å²) in [7, 11) is 0. The van der Waals surface area contributed by atoms with Crippen molar-refractivity contribution in [2.24, 2.45) is 0 Å². The predicted molar refractivity (Wildman–Crippen MR) is 79.5 cm³/mol. The number of nitro groups is 1. The number of nitrogens with one attached hydrogen (secondary N) is 1. The summed E-state index contributed by atoms with van der Waals surface area (Å²) in [6.45, 7) is 0.249. The molecule has 0 unspecified atom stereocenters. The van der Waals surface area contributed by atoms with E-state index >= 15 is 0 Å². The molecule has 20 heavy (non-hydrogen) atoms. The van der Waals surface area contributed by atoms with Gasteiger partial charge in [0.1, 0.15) is 10.8 Å². The van der Waals surface area contributed by atoms with Crippen LogP contribution >= 0.6 is 27.5 Å². The van der Waals surface area contributed by atoms with Gasteiger partial charge in [-0.2, -0.15) is 0 Å². The quantitative estimate of drug-likeness (QED) is 0.632. The fraction of sp³-hybridized carbons (Fsp3) is 0.0769. The number of halogens is 3. The van der Waals surface area contributed by atoms with Crippen LogP contribution in [0.25, 0.3) is 0 Å². The van der Waals surface area contributed by atoms with Gasteiger partial charge >= 0.3 is 0 Å². The van der Waals surface area contributed by atoms with E-state index < -0.39 is 4.92 Å². The van der Waals surface area contributed by atoms with Crippen molar-refractivity contribution in [1.82, 2.24) is 0 Å². The van der Waals surface area contributed by atoms with Gasteiger partial charge in [0.15, 0.2) is 0 Å². The fourth-order valence-electron chi connectivity index (χ4n) is 1.64. The molecule has 0 saturated heterocycles. The molecule has 0 radical (unpaired) electrons. The zero-order chi connectivity index (χ0) is 14.7. The van der Waals surface area contributed by atoms with Crippen LogP contribution in [-0.4, -0.2) is 4.92 Å². The molecule has 2 aromatic carbocycles. The van der Waals surface area contributed by atoms with E-state index in [1.165, 1.54) is 24.3 Å². The van der Waals surface area contributed by atoms with E-state index in [1.54, 1.807) is 12.1 Å². The molecule has 7 heteroatoms. The smallest absolute Gasteiger partial charge is 0.288 e. The topological polar surface area (TPSA) is 55.2 Å². The first kappa shape index (κ1) is 14.7. The van der Waals surface area contributed by atoms with Crippen LogP contribution in [0, 0.1) is 15.9 Å².